The van der Waals surface area contributed by atoms with Crippen molar-refractivity contribution in [1.29, 1.82) is 0 Å². The molecule has 0 unspecified atom stereocenters. The molecule has 182 valence electrons. The van der Waals surface area contributed by atoms with Crippen LogP contribution in [0, 0.1) is 6.92 Å². The molecule has 0 aliphatic rings. The number of aryl methyl sites for hydroxylation is 3. The molecule has 0 amide bonds. The van der Waals surface area contributed by atoms with E-state index in [1.54, 1.807) is 21.1 Å². The summed E-state index contributed by atoms with van der Waals surface area (Å²) in [5.74, 6) is 1.25. The smallest absolute Gasteiger partial charge is 0.245 e. The van der Waals surface area contributed by atoms with Gasteiger partial charge in [-0.15, -0.1) is 0 Å². The molecule has 3 N–H and O–H groups in total. The SMILES string of the molecule is COCCc1nc2c(N)nc3ccccc3c2n1CCCCNS(=O)(=O)c1c(C)nn(C)c1Cl. The number of benzene rings is 1. The van der Waals surface area contributed by atoms with Crippen molar-refractivity contribution in [3.05, 3.63) is 40.9 Å². The molecule has 0 radical (unpaired) electrons. The number of hydrogen-bond acceptors (Lipinski definition) is 7. The number of imidazole rings is 1. The van der Waals surface area contributed by atoms with E-state index in [1.165, 1.54) is 4.68 Å². The van der Waals surface area contributed by atoms with Crippen LogP contribution in [0.4, 0.5) is 5.82 Å². The summed E-state index contributed by atoms with van der Waals surface area (Å²) in [5, 5.41) is 5.15. The van der Waals surface area contributed by atoms with Crippen molar-refractivity contribution in [1.82, 2.24) is 29.0 Å². The average Bonchev–Trinajstić information content (AvgIpc) is 3.29. The van der Waals surface area contributed by atoms with Crippen LogP contribution in [0.2, 0.25) is 5.15 Å². The first kappa shape index (κ1) is 24.4. The normalized spacial score (nSPS) is 12.2. The van der Waals surface area contributed by atoms with Crippen LogP contribution >= 0.6 is 11.6 Å². The van der Waals surface area contributed by atoms with Gasteiger partial charge in [0.05, 0.1) is 23.3 Å². The van der Waals surface area contributed by atoms with Crippen LogP contribution in [0.3, 0.4) is 0 Å². The number of ether oxygens (including phenoxy) is 1. The number of halogens is 1. The summed E-state index contributed by atoms with van der Waals surface area (Å²) in [6.07, 6.45) is 1.98. The van der Waals surface area contributed by atoms with E-state index < -0.39 is 10.0 Å². The van der Waals surface area contributed by atoms with Crippen LogP contribution in [-0.4, -0.2) is 53.0 Å². The second-order valence-electron chi connectivity index (χ2n) is 8.07. The van der Waals surface area contributed by atoms with Crippen LogP contribution in [0.15, 0.2) is 29.2 Å². The highest BCUT2D eigenvalue weighted by atomic mass is 35.5. The first-order chi connectivity index (χ1) is 16.2. The minimum Gasteiger partial charge on any atom is -0.384 e. The van der Waals surface area contributed by atoms with E-state index in [-0.39, 0.29) is 16.6 Å². The first-order valence-electron chi connectivity index (χ1n) is 11.0. The summed E-state index contributed by atoms with van der Waals surface area (Å²) in [6, 6.07) is 7.83. The fourth-order valence-corrected chi connectivity index (χ4v) is 5.94. The van der Waals surface area contributed by atoms with Crippen LogP contribution in [-0.2, 0) is 34.8 Å². The van der Waals surface area contributed by atoms with Crippen molar-refractivity contribution in [2.75, 3.05) is 26.0 Å². The maximum absolute atomic E-state index is 12.7. The molecule has 12 heteroatoms. The van der Waals surface area contributed by atoms with Gasteiger partial charge >= 0.3 is 0 Å². The lowest BCUT2D eigenvalue weighted by Gasteiger charge is -2.11. The van der Waals surface area contributed by atoms with Gasteiger partial charge in [0.15, 0.2) is 5.82 Å². The standard InChI is InChI=1S/C22H28ClN7O3S/c1-14-20(21(23)29(2)28-14)34(31,32)25-11-6-7-12-30-17(10-13-33-3)27-18-19(30)15-8-4-5-9-16(15)26-22(18)24/h4-5,8-9,25H,6-7,10-13H2,1-3H3,(H2,24,26). The Bertz CT molecular complexity index is 1450. The van der Waals surface area contributed by atoms with Gasteiger partial charge in [-0.05, 0) is 25.8 Å². The highest BCUT2D eigenvalue weighted by Gasteiger charge is 2.24. The molecular formula is C22H28ClN7O3S. The average molecular weight is 506 g/mol. The van der Waals surface area contributed by atoms with Gasteiger partial charge in [-0.1, -0.05) is 29.8 Å². The molecule has 0 aliphatic heterocycles. The lowest BCUT2D eigenvalue weighted by atomic mass is 10.2. The van der Waals surface area contributed by atoms with Gasteiger partial charge in [-0.25, -0.2) is 23.1 Å². The van der Waals surface area contributed by atoms with Crippen molar-refractivity contribution >= 4 is 49.4 Å². The van der Waals surface area contributed by atoms with Crippen molar-refractivity contribution in [2.24, 2.45) is 7.05 Å². The Hall–Kier alpha value is -2.73. The topological polar surface area (TPSA) is 130 Å². The molecule has 3 heterocycles. The maximum atomic E-state index is 12.7. The Morgan fingerprint density at radius 3 is 2.68 bits per heavy atom. The molecule has 0 fully saturated rings. The number of rotatable bonds is 10. The van der Waals surface area contributed by atoms with Gasteiger partial charge in [-0.3, -0.25) is 4.68 Å². The largest absolute Gasteiger partial charge is 0.384 e. The summed E-state index contributed by atoms with van der Waals surface area (Å²) in [4.78, 5) is 9.28. The van der Waals surface area contributed by atoms with Crippen LogP contribution in [0.1, 0.15) is 24.4 Å². The summed E-state index contributed by atoms with van der Waals surface area (Å²) in [6.45, 7) is 3.07. The second kappa shape index (κ2) is 9.87. The molecule has 0 bridgehead atoms. The summed E-state index contributed by atoms with van der Waals surface area (Å²) < 4.78 is 36.8. The van der Waals surface area contributed by atoms with E-state index in [9.17, 15) is 8.42 Å². The van der Waals surface area contributed by atoms with Crippen molar-refractivity contribution in [2.45, 2.75) is 37.6 Å². The fourth-order valence-electron chi connectivity index (χ4n) is 4.12. The van der Waals surface area contributed by atoms with E-state index >= 15 is 0 Å². The predicted molar refractivity (Wildman–Crippen MR) is 132 cm³/mol. The monoisotopic (exact) mass is 505 g/mol. The lowest BCUT2D eigenvalue weighted by molar-refractivity contribution is 0.199. The Kier molecular flexibility index (Phi) is 7.08. The molecule has 0 saturated heterocycles. The summed E-state index contributed by atoms with van der Waals surface area (Å²) in [7, 11) is -0.489. The number of nitrogen functional groups attached to an aromatic ring is 1. The van der Waals surface area contributed by atoms with Gasteiger partial charge in [-0.2, -0.15) is 5.10 Å². The number of hydrogen-bond donors (Lipinski definition) is 2. The van der Waals surface area contributed by atoms with Crippen molar-refractivity contribution in [3.63, 3.8) is 0 Å². The quantitative estimate of drug-likeness (QED) is 0.317. The first-order valence-corrected chi connectivity index (χ1v) is 12.8. The Labute approximate surface area is 203 Å². The zero-order valence-corrected chi connectivity index (χ0v) is 20.9. The maximum Gasteiger partial charge on any atom is 0.245 e. The molecule has 0 atom stereocenters. The van der Waals surface area contributed by atoms with E-state index in [0.717, 1.165) is 28.7 Å². The van der Waals surface area contributed by atoms with Crippen LogP contribution < -0.4 is 10.5 Å². The molecule has 0 aliphatic carbocycles. The number of aromatic nitrogens is 5. The zero-order valence-electron chi connectivity index (χ0n) is 19.4. The van der Waals surface area contributed by atoms with Gasteiger partial charge in [0.2, 0.25) is 10.0 Å². The van der Waals surface area contributed by atoms with Crippen LogP contribution in [0.25, 0.3) is 21.9 Å². The number of methoxy groups -OCH3 is 1. The zero-order chi connectivity index (χ0) is 24.5. The molecule has 1 aromatic carbocycles. The lowest BCUT2D eigenvalue weighted by Crippen LogP contribution is -2.25. The Morgan fingerprint density at radius 2 is 1.97 bits per heavy atom. The number of anilines is 1. The van der Waals surface area contributed by atoms with Gasteiger partial charge in [0, 0.05) is 39.1 Å². The minimum atomic E-state index is -3.75. The molecule has 0 spiro atoms. The van der Waals surface area contributed by atoms with E-state index in [4.69, 9.17) is 27.1 Å². The molecule has 4 rings (SSSR count). The third kappa shape index (κ3) is 4.61. The van der Waals surface area contributed by atoms with Crippen LogP contribution in [0.5, 0.6) is 0 Å². The van der Waals surface area contributed by atoms with E-state index in [0.29, 0.717) is 43.0 Å². The van der Waals surface area contributed by atoms with Gasteiger partial charge in [0.1, 0.15) is 21.4 Å². The number of unbranched alkanes of at least 4 members (excludes halogenated alkanes) is 1. The number of sulfonamides is 1. The number of fused-ring (bicyclic) bond motifs is 3. The molecular weight excluding hydrogens is 478 g/mol. The number of nitrogens with two attached hydrogens (primary N) is 1. The molecule has 0 saturated carbocycles. The number of nitrogens with one attached hydrogen (secondary N) is 1. The number of pyridine rings is 1. The van der Waals surface area contributed by atoms with E-state index in [2.05, 4.69) is 19.4 Å². The predicted octanol–water partition coefficient (Wildman–Crippen LogP) is 2.81. The van der Waals surface area contributed by atoms with Gasteiger partial charge in [0.25, 0.3) is 0 Å². The van der Waals surface area contributed by atoms with Gasteiger partial charge < -0.3 is 15.0 Å². The van der Waals surface area contributed by atoms with Crippen molar-refractivity contribution in [3.8, 4) is 0 Å². The summed E-state index contributed by atoms with van der Waals surface area (Å²) >= 11 is 6.13. The molecule has 3 aromatic heterocycles. The van der Waals surface area contributed by atoms with E-state index in [1.807, 2.05) is 24.3 Å². The fraction of sp³-hybridized carbons (Fsp3) is 0.409. The highest BCUT2D eigenvalue weighted by molar-refractivity contribution is 7.89. The molecule has 34 heavy (non-hydrogen) atoms. The highest BCUT2D eigenvalue weighted by Crippen LogP contribution is 2.29. The molecule has 4 aromatic rings. The van der Waals surface area contributed by atoms with Crippen molar-refractivity contribution < 1.29 is 13.2 Å². The third-order valence-corrected chi connectivity index (χ3v) is 7.84. The molecule has 10 nitrogen and oxygen atoms in total. The number of para-hydroxylation sites is 1. The third-order valence-electron chi connectivity index (χ3n) is 5.69. The summed E-state index contributed by atoms with van der Waals surface area (Å²) in [5.41, 5.74) is 9.01. The second-order valence-corrected chi connectivity index (χ2v) is 10.1. The minimum absolute atomic E-state index is 0.0218. The Balaban J connectivity index is 1.53. The Morgan fingerprint density at radius 1 is 1.21 bits per heavy atom. The number of nitrogens with zero attached hydrogens (tertiary/aromatic N) is 5.